The van der Waals surface area contributed by atoms with Gasteiger partial charge in [-0.3, -0.25) is 4.79 Å². The predicted octanol–water partition coefficient (Wildman–Crippen LogP) is 3.54. The summed E-state index contributed by atoms with van der Waals surface area (Å²) in [5.74, 6) is 1.51. The zero-order chi connectivity index (χ0) is 11.8. The Hall–Kier alpha value is -0.530. The molecule has 2 unspecified atom stereocenters. The largest absolute Gasteiger partial charge is 0.460 e. The number of esters is 1. The molecule has 2 rings (SSSR count). The van der Waals surface area contributed by atoms with Crippen LogP contribution in [-0.2, 0) is 9.53 Å². The second kappa shape index (κ2) is 4.38. The van der Waals surface area contributed by atoms with Crippen molar-refractivity contribution in [2.75, 3.05) is 0 Å². The monoisotopic (exact) mass is 224 g/mol. The van der Waals surface area contributed by atoms with Gasteiger partial charge in [-0.25, -0.2) is 0 Å². The van der Waals surface area contributed by atoms with E-state index < -0.39 is 0 Å². The maximum Gasteiger partial charge on any atom is 0.310 e. The van der Waals surface area contributed by atoms with Crippen molar-refractivity contribution in [1.29, 1.82) is 0 Å². The lowest BCUT2D eigenvalue weighted by Crippen LogP contribution is -2.32. The molecule has 2 fully saturated rings. The lowest BCUT2D eigenvalue weighted by molar-refractivity contribution is -0.162. The third-order valence-corrected chi connectivity index (χ3v) is 4.00. The van der Waals surface area contributed by atoms with Crippen LogP contribution in [0.15, 0.2) is 0 Å². The van der Waals surface area contributed by atoms with Crippen molar-refractivity contribution in [2.24, 2.45) is 17.8 Å². The van der Waals surface area contributed by atoms with E-state index in [1.807, 2.05) is 20.8 Å². The average Bonchev–Trinajstić information content (AvgIpc) is 2.36. The number of rotatable bonds is 1. The summed E-state index contributed by atoms with van der Waals surface area (Å²) in [4.78, 5) is 12.2. The minimum absolute atomic E-state index is 0.0712. The van der Waals surface area contributed by atoms with E-state index in [0.717, 1.165) is 0 Å². The van der Waals surface area contributed by atoms with Crippen LogP contribution in [0.25, 0.3) is 0 Å². The summed E-state index contributed by atoms with van der Waals surface area (Å²) in [5.41, 5.74) is -0.331. The van der Waals surface area contributed by atoms with Crippen molar-refractivity contribution in [3.05, 3.63) is 0 Å². The second-order valence-electron chi connectivity index (χ2n) is 6.44. The molecule has 0 amide bonds. The van der Waals surface area contributed by atoms with Gasteiger partial charge in [0, 0.05) is 0 Å². The van der Waals surface area contributed by atoms with Gasteiger partial charge in [0.15, 0.2) is 0 Å². The van der Waals surface area contributed by atoms with Crippen molar-refractivity contribution >= 4 is 5.97 Å². The van der Waals surface area contributed by atoms with Crippen LogP contribution < -0.4 is 0 Å². The summed E-state index contributed by atoms with van der Waals surface area (Å²) < 4.78 is 5.57. The normalized spacial score (nSPS) is 34.6. The maximum absolute atomic E-state index is 12.2. The van der Waals surface area contributed by atoms with Gasteiger partial charge in [0.2, 0.25) is 0 Å². The Morgan fingerprint density at radius 2 is 1.50 bits per heavy atom. The molecule has 92 valence electrons. The van der Waals surface area contributed by atoms with Crippen molar-refractivity contribution < 1.29 is 9.53 Å². The molecular formula is C14H24O2. The topological polar surface area (TPSA) is 26.3 Å². The second-order valence-corrected chi connectivity index (χ2v) is 6.44. The van der Waals surface area contributed by atoms with Gasteiger partial charge in [-0.05, 0) is 58.3 Å². The highest BCUT2D eigenvalue weighted by Crippen LogP contribution is 2.46. The van der Waals surface area contributed by atoms with Crippen molar-refractivity contribution in [3.8, 4) is 0 Å². The van der Waals surface area contributed by atoms with Gasteiger partial charge in [-0.2, -0.15) is 0 Å². The van der Waals surface area contributed by atoms with Crippen LogP contribution in [0.5, 0.6) is 0 Å². The van der Waals surface area contributed by atoms with Gasteiger partial charge >= 0.3 is 5.97 Å². The van der Waals surface area contributed by atoms with Crippen molar-refractivity contribution in [3.63, 3.8) is 0 Å². The molecule has 2 nitrogen and oxygen atoms in total. The first kappa shape index (κ1) is 11.9. The summed E-state index contributed by atoms with van der Waals surface area (Å²) in [6.07, 6.45) is 7.57. The Labute approximate surface area is 98.7 Å². The van der Waals surface area contributed by atoms with Crippen LogP contribution in [0, 0.1) is 17.8 Å². The molecule has 0 aromatic carbocycles. The maximum atomic E-state index is 12.2. The van der Waals surface area contributed by atoms with Crippen molar-refractivity contribution in [2.45, 2.75) is 64.9 Å². The average molecular weight is 224 g/mol. The molecule has 0 saturated heterocycles. The van der Waals surface area contributed by atoms with Crippen LogP contribution in [0.2, 0.25) is 0 Å². The molecule has 2 saturated carbocycles. The first-order chi connectivity index (χ1) is 7.47. The number of fused-ring (bicyclic) bond motifs is 2. The van der Waals surface area contributed by atoms with E-state index >= 15 is 0 Å². The zero-order valence-electron chi connectivity index (χ0n) is 10.8. The van der Waals surface area contributed by atoms with E-state index in [1.165, 1.54) is 38.5 Å². The minimum Gasteiger partial charge on any atom is -0.460 e. The van der Waals surface area contributed by atoms with E-state index in [2.05, 4.69) is 0 Å². The predicted molar refractivity (Wildman–Crippen MR) is 64.0 cm³/mol. The lowest BCUT2D eigenvalue weighted by Gasteiger charge is -2.26. The molecule has 2 atom stereocenters. The highest BCUT2D eigenvalue weighted by atomic mass is 16.6. The summed E-state index contributed by atoms with van der Waals surface area (Å²) in [7, 11) is 0. The molecular weight excluding hydrogens is 200 g/mol. The smallest absolute Gasteiger partial charge is 0.310 e. The van der Waals surface area contributed by atoms with Crippen LogP contribution in [0.3, 0.4) is 0 Å². The van der Waals surface area contributed by atoms with Gasteiger partial charge < -0.3 is 4.74 Å². The quantitative estimate of drug-likeness (QED) is 0.637. The number of hydrogen-bond acceptors (Lipinski definition) is 2. The zero-order valence-corrected chi connectivity index (χ0v) is 10.8. The fourth-order valence-corrected chi connectivity index (χ4v) is 3.39. The van der Waals surface area contributed by atoms with Gasteiger partial charge in [0.25, 0.3) is 0 Å². The van der Waals surface area contributed by atoms with Gasteiger partial charge in [0.05, 0.1) is 5.92 Å². The molecule has 16 heavy (non-hydrogen) atoms. The summed E-state index contributed by atoms with van der Waals surface area (Å²) in [6, 6.07) is 0. The Morgan fingerprint density at radius 1 is 1.00 bits per heavy atom. The van der Waals surface area contributed by atoms with E-state index in [-0.39, 0.29) is 17.5 Å². The van der Waals surface area contributed by atoms with Crippen LogP contribution in [0.4, 0.5) is 0 Å². The molecule has 0 N–H and O–H groups in total. The van der Waals surface area contributed by atoms with Crippen molar-refractivity contribution in [1.82, 2.24) is 0 Å². The number of ether oxygens (including phenoxy) is 1. The Bertz CT molecular complexity index is 250. The Kier molecular flexibility index (Phi) is 3.27. The molecule has 2 aliphatic rings. The molecule has 0 aromatic heterocycles. The number of hydrogen-bond donors (Lipinski definition) is 0. The van der Waals surface area contributed by atoms with Gasteiger partial charge in [0.1, 0.15) is 5.60 Å². The highest BCUT2D eigenvalue weighted by molar-refractivity contribution is 5.74. The fourth-order valence-electron chi connectivity index (χ4n) is 3.39. The molecule has 0 aromatic rings. The van der Waals surface area contributed by atoms with Gasteiger partial charge in [-0.1, -0.05) is 12.8 Å². The molecule has 0 aliphatic heterocycles. The summed E-state index contributed by atoms with van der Waals surface area (Å²) in [5, 5.41) is 0. The first-order valence-electron chi connectivity index (χ1n) is 6.70. The molecule has 2 aliphatic carbocycles. The minimum atomic E-state index is -0.331. The standard InChI is InChI=1S/C14H24O2/c1-14(2,3)16-13(15)12-10-6-4-5-7-11(12)9-8-10/h10-12H,4-9H2,1-3H3. The van der Waals surface area contributed by atoms with E-state index in [1.54, 1.807) is 0 Å². The van der Waals surface area contributed by atoms with E-state index in [4.69, 9.17) is 4.74 Å². The summed E-state index contributed by atoms with van der Waals surface area (Å²) in [6.45, 7) is 5.89. The first-order valence-corrected chi connectivity index (χ1v) is 6.70. The van der Waals surface area contributed by atoms with Crippen LogP contribution >= 0.6 is 0 Å². The number of carbonyl (C=O) groups is 1. The highest BCUT2D eigenvalue weighted by Gasteiger charge is 2.43. The van der Waals surface area contributed by atoms with E-state index in [9.17, 15) is 4.79 Å². The Morgan fingerprint density at radius 3 is 1.94 bits per heavy atom. The summed E-state index contributed by atoms with van der Waals surface area (Å²) >= 11 is 0. The van der Waals surface area contributed by atoms with E-state index in [0.29, 0.717) is 11.8 Å². The third-order valence-electron chi connectivity index (χ3n) is 4.00. The SMILES string of the molecule is CC(C)(C)OC(=O)C1C2CCCCC1CC2. The number of carbonyl (C=O) groups excluding carboxylic acids is 1. The molecule has 0 heterocycles. The molecule has 2 heteroatoms. The fraction of sp³-hybridized carbons (Fsp3) is 0.929. The third kappa shape index (κ3) is 2.58. The molecule has 0 spiro atoms. The molecule has 2 bridgehead atoms. The Balaban J connectivity index is 2.05. The lowest BCUT2D eigenvalue weighted by atomic mass is 9.88. The van der Waals surface area contributed by atoms with Crippen LogP contribution in [0.1, 0.15) is 59.3 Å². The van der Waals surface area contributed by atoms with Gasteiger partial charge in [-0.15, -0.1) is 0 Å². The molecule has 0 radical (unpaired) electrons. The van der Waals surface area contributed by atoms with Crippen LogP contribution in [-0.4, -0.2) is 11.6 Å².